The summed E-state index contributed by atoms with van der Waals surface area (Å²) in [5.41, 5.74) is 2.44. The van der Waals surface area contributed by atoms with Crippen LogP contribution < -0.4 is 0 Å². The highest BCUT2D eigenvalue weighted by atomic mass is 16.2. The first-order chi connectivity index (χ1) is 15.7. The van der Waals surface area contributed by atoms with Crippen LogP contribution in [-0.2, 0) is 16.0 Å². The molecule has 0 spiro atoms. The third-order valence-electron chi connectivity index (χ3n) is 6.52. The lowest BCUT2D eigenvalue weighted by Gasteiger charge is -2.38. The van der Waals surface area contributed by atoms with Crippen molar-refractivity contribution in [3.05, 3.63) is 77.9 Å². The van der Waals surface area contributed by atoms with Gasteiger partial charge in [0.1, 0.15) is 0 Å². The molecular weight excluding hydrogens is 398 g/mol. The van der Waals surface area contributed by atoms with E-state index in [0.29, 0.717) is 25.9 Å². The average Bonchev–Trinajstić information content (AvgIpc) is 2.85. The highest BCUT2D eigenvalue weighted by Crippen LogP contribution is 2.21. The fourth-order valence-corrected chi connectivity index (χ4v) is 4.55. The number of nitrogens with zero attached hydrogens (tertiary/aromatic N) is 3. The van der Waals surface area contributed by atoms with Crippen molar-refractivity contribution in [3.8, 4) is 0 Å². The van der Waals surface area contributed by atoms with Gasteiger partial charge in [-0.2, -0.15) is 0 Å². The van der Waals surface area contributed by atoms with E-state index in [2.05, 4.69) is 41.3 Å². The molecule has 5 nitrogen and oxygen atoms in total. The van der Waals surface area contributed by atoms with Crippen LogP contribution >= 0.6 is 0 Å². The van der Waals surface area contributed by atoms with Crippen molar-refractivity contribution in [2.75, 3.05) is 45.8 Å². The van der Waals surface area contributed by atoms with Gasteiger partial charge in [0.25, 0.3) is 0 Å². The predicted octanol–water partition coefficient (Wildman–Crippen LogP) is 3.33. The number of hydrogen-bond acceptors (Lipinski definition) is 3. The molecule has 0 saturated carbocycles. The second-order valence-corrected chi connectivity index (χ2v) is 8.75. The van der Waals surface area contributed by atoms with Crippen molar-refractivity contribution in [1.29, 1.82) is 0 Å². The van der Waals surface area contributed by atoms with Gasteiger partial charge in [0.2, 0.25) is 11.8 Å². The molecule has 0 aromatic heterocycles. The van der Waals surface area contributed by atoms with E-state index in [4.69, 9.17) is 0 Å². The normalized spacial score (nSPS) is 20.1. The molecule has 2 aromatic carbocycles. The first-order valence-electron chi connectivity index (χ1n) is 11.7. The molecule has 0 bridgehead atoms. The molecule has 2 aliphatic rings. The summed E-state index contributed by atoms with van der Waals surface area (Å²) in [7, 11) is 0. The first-order valence-corrected chi connectivity index (χ1v) is 11.7. The molecule has 168 valence electrons. The fraction of sp³-hybridized carbons (Fsp3) is 0.407. The summed E-state index contributed by atoms with van der Waals surface area (Å²) in [6.45, 7) is 5.49. The molecule has 0 N–H and O–H groups in total. The minimum Gasteiger partial charge on any atom is -0.342 e. The van der Waals surface area contributed by atoms with Crippen molar-refractivity contribution < 1.29 is 9.59 Å². The number of rotatable bonds is 7. The maximum absolute atomic E-state index is 13.1. The maximum atomic E-state index is 13.1. The molecule has 1 atom stereocenters. The summed E-state index contributed by atoms with van der Waals surface area (Å²) in [6, 6.07) is 20.6. The Morgan fingerprint density at radius 2 is 1.62 bits per heavy atom. The van der Waals surface area contributed by atoms with Crippen LogP contribution in [0.3, 0.4) is 0 Å². The van der Waals surface area contributed by atoms with E-state index < -0.39 is 0 Å². The summed E-state index contributed by atoms with van der Waals surface area (Å²) in [5, 5.41) is 0. The third-order valence-corrected chi connectivity index (χ3v) is 6.52. The monoisotopic (exact) mass is 431 g/mol. The Labute approximate surface area is 191 Å². The van der Waals surface area contributed by atoms with Gasteiger partial charge in [-0.15, -0.1) is 0 Å². The lowest BCUT2D eigenvalue weighted by atomic mass is 9.95. The molecule has 4 rings (SSSR count). The smallest absolute Gasteiger partial charge is 0.227 e. The van der Waals surface area contributed by atoms with Gasteiger partial charge in [0.05, 0.1) is 5.92 Å². The van der Waals surface area contributed by atoms with Crippen LogP contribution in [0.15, 0.2) is 66.7 Å². The topological polar surface area (TPSA) is 43.9 Å². The van der Waals surface area contributed by atoms with Gasteiger partial charge in [0, 0.05) is 52.2 Å². The molecule has 0 radical (unpaired) electrons. The van der Waals surface area contributed by atoms with Crippen molar-refractivity contribution >= 4 is 17.9 Å². The molecule has 2 amide bonds. The van der Waals surface area contributed by atoms with Crippen molar-refractivity contribution in [2.24, 2.45) is 5.92 Å². The van der Waals surface area contributed by atoms with Crippen molar-refractivity contribution in [2.45, 2.75) is 19.3 Å². The highest BCUT2D eigenvalue weighted by Gasteiger charge is 2.33. The minimum atomic E-state index is -0.0620. The van der Waals surface area contributed by atoms with Crippen LogP contribution in [0.5, 0.6) is 0 Å². The molecule has 2 saturated heterocycles. The van der Waals surface area contributed by atoms with Crippen LogP contribution in [0.2, 0.25) is 0 Å². The summed E-state index contributed by atoms with van der Waals surface area (Å²) < 4.78 is 0. The van der Waals surface area contributed by atoms with Gasteiger partial charge in [-0.05, 0) is 24.0 Å². The number of carbonyl (C=O) groups is 2. The molecular formula is C27H33N3O2. The second kappa shape index (κ2) is 11.1. The largest absolute Gasteiger partial charge is 0.342 e. The molecule has 0 aliphatic carbocycles. The molecule has 5 heteroatoms. The van der Waals surface area contributed by atoms with E-state index in [1.54, 1.807) is 0 Å². The Hall–Kier alpha value is -2.92. The zero-order valence-corrected chi connectivity index (χ0v) is 18.7. The zero-order chi connectivity index (χ0) is 22.2. The van der Waals surface area contributed by atoms with E-state index in [1.165, 1.54) is 11.1 Å². The summed E-state index contributed by atoms with van der Waals surface area (Å²) in [6.07, 6.45) is 6.35. The molecule has 32 heavy (non-hydrogen) atoms. The summed E-state index contributed by atoms with van der Waals surface area (Å²) in [5.74, 6) is 0.342. The van der Waals surface area contributed by atoms with Crippen LogP contribution in [0.4, 0.5) is 0 Å². The summed E-state index contributed by atoms with van der Waals surface area (Å²) >= 11 is 0. The van der Waals surface area contributed by atoms with E-state index in [1.807, 2.05) is 46.2 Å². The van der Waals surface area contributed by atoms with Gasteiger partial charge in [-0.25, -0.2) is 0 Å². The van der Waals surface area contributed by atoms with Crippen LogP contribution in [0.1, 0.15) is 24.0 Å². The third kappa shape index (κ3) is 6.07. The van der Waals surface area contributed by atoms with Crippen molar-refractivity contribution in [3.63, 3.8) is 0 Å². The fourth-order valence-electron chi connectivity index (χ4n) is 4.55. The van der Waals surface area contributed by atoms with Crippen LogP contribution in [-0.4, -0.2) is 72.3 Å². The van der Waals surface area contributed by atoms with E-state index in [-0.39, 0.29) is 17.7 Å². The van der Waals surface area contributed by atoms with Gasteiger partial charge in [-0.3, -0.25) is 14.5 Å². The lowest BCUT2D eigenvalue weighted by molar-refractivity contribution is -0.144. The number of benzene rings is 2. The lowest BCUT2D eigenvalue weighted by Crippen LogP contribution is -2.53. The SMILES string of the molecule is O=C1CCC(C(=O)N2CCN(C/C=C/c3ccccc3)CC2)CN1CCc1ccccc1. The number of carbonyl (C=O) groups excluding carboxylic acids is 2. The van der Waals surface area contributed by atoms with Gasteiger partial charge in [0.15, 0.2) is 0 Å². The quantitative estimate of drug-likeness (QED) is 0.676. The van der Waals surface area contributed by atoms with Crippen LogP contribution in [0, 0.1) is 5.92 Å². The minimum absolute atomic E-state index is 0.0620. The van der Waals surface area contributed by atoms with E-state index in [9.17, 15) is 9.59 Å². The predicted molar refractivity (Wildman–Crippen MR) is 128 cm³/mol. The Kier molecular flexibility index (Phi) is 7.73. The van der Waals surface area contributed by atoms with Gasteiger partial charge in [-0.1, -0.05) is 72.8 Å². The molecule has 2 aromatic rings. The standard InChI is InChI=1S/C27H33N3O2/c31-26-14-13-25(22-30(26)17-15-24-10-5-2-6-11-24)27(32)29-20-18-28(19-21-29)16-7-12-23-8-3-1-4-9-23/h1-12,25H,13-22H2/b12-7+. The Morgan fingerprint density at radius 1 is 0.938 bits per heavy atom. The molecule has 1 unspecified atom stereocenters. The van der Waals surface area contributed by atoms with Gasteiger partial charge >= 0.3 is 0 Å². The average molecular weight is 432 g/mol. The molecule has 2 fully saturated rings. The number of piperidine rings is 1. The highest BCUT2D eigenvalue weighted by molar-refractivity contribution is 5.84. The van der Waals surface area contributed by atoms with Gasteiger partial charge < -0.3 is 9.80 Å². The number of hydrogen-bond donors (Lipinski definition) is 0. The Morgan fingerprint density at radius 3 is 2.34 bits per heavy atom. The number of likely N-dealkylation sites (tertiary alicyclic amines) is 1. The second-order valence-electron chi connectivity index (χ2n) is 8.75. The maximum Gasteiger partial charge on any atom is 0.227 e. The zero-order valence-electron chi connectivity index (χ0n) is 18.7. The summed E-state index contributed by atoms with van der Waals surface area (Å²) in [4.78, 5) is 31.8. The number of amides is 2. The first kappa shape index (κ1) is 22.3. The van der Waals surface area contributed by atoms with E-state index >= 15 is 0 Å². The van der Waals surface area contributed by atoms with Crippen molar-refractivity contribution in [1.82, 2.24) is 14.7 Å². The van der Waals surface area contributed by atoms with E-state index in [0.717, 1.165) is 39.1 Å². The van der Waals surface area contributed by atoms with Crippen LogP contribution in [0.25, 0.3) is 6.08 Å². The molecule has 2 heterocycles. The molecule has 2 aliphatic heterocycles. The Balaban J connectivity index is 1.22. The number of piperazine rings is 1. The Bertz CT molecular complexity index is 905.